The van der Waals surface area contributed by atoms with E-state index in [-0.39, 0.29) is 27.2 Å². The fraction of sp³-hybridized carbons (Fsp3) is 0.182. The summed E-state index contributed by atoms with van der Waals surface area (Å²) in [5.41, 5.74) is 5.69. The van der Waals surface area contributed by atoms with Gasteiger partial charge in [-0.3, -0.25) is 0 Å². The maximum Gasteiger partial charge on any atom is 0.244 e. The number of nitrogens with one attached hydrogen (secondary N) is 1. The summed E-state index contributed by atoms with van der Waals surface area (Å²) in [6.45, 7) is 0.0915. The van der Waals surface area contributed by atoms with Gasteiger partial charge in [0.05, 0.1) is 22.3 Å². The highest BCUT2D eigenvalue weighted by Gasteiger charge is 2.26. The van der Waals surface area contributed by atoms with Crippen LogP contribution < -0.4 is 5.73 Å². The van der Waals surface area contributed by atoms with Gasteiger partial charge < -0.3 is 10.7 Å². The molecule has 1 aromatic carbocycles. The van der Waals surface area contributed by atoms with Crippen molar-refractivity contribution in [3.05, 3.63) is 40.4 Å². The quantitative estimate of drug-likeness (QED) is 0.837. The Hall–Kier alpha value is -1.28. The molecule has 2 aromatic rings. The van der Waals surface area contributed by atoms with Gasteiger partial charge in [-0.2, -0.15) is 4.31 Å². The summed E-state index contributed by atoms with van der Waals surface area (Å²) >= 11 is 11.8. The van der Waals surface area contributed by atoms with Crippen molar-refractivity contribution in [3.8, 4) is 0 Å². The first-order valence-electron chi connectivity index (χ1n) is 5.52. The summed E-state index contributed by atoms with van der Waals surface area (Å²) in [6.07, 6.45) is 3.16. The predicted molar refractivity (Wildman–Crippen MR) is 78.1 cm³/mol. The summed E-state index contributed by atoms with van der Waals surface area (Å²) < 4.78 is 26.0. The van der Waals surface area contributed by atoms with Gasteiger partial charge in [0.15, 0.2) is 0 Å². The van der Waals surface area contributed by atoms with Crippen molar-refractivity contribution in [2.24, 2.45) is 0 Å². The number of nitrogens with two attached hydrogens (primary N) is 1. The van der Waals surface area contributed by atoms with Gasteiger partial charge in [0, 0.05) is 19.4 Å². The average Bonchev–Trinajstić information content (AvgIpc) is 2.88. The second-order valence-electron chi connectivity index (χ2n) is 4.07. The number of benzene rings is 1. The summed E-state index contributed by atoms with van der Waals surface area (Å²) in [4.78, 5) is 6.72. The lowest BCUT2D eigenvalue weighted by atomic mass is 10.3. The fourth-order valence-corrected chi connectivity index (χ4v) is 3.46. The van der Waals surface area contributed by atoms with Crippen LogP contribution in [0.1, 0.15) is 5.82 Å². The molecule has 0 amide bonds. The minimum Gasteiger partial charge on any atom is -0.396 e. The first kappa shape index (κ1) is 15.1. The molecule has 1 heterocycles. The van der Waals surface area contributed by atoms with Gasteiger partial charge in [0.2, 0.25) is 10.0 Å². The molecule has 108 valence electrons. The van der Waals surface area contributed by atoms with E-state index < -0.39 is 10.0 Å². The summed E-state index contributed by atoms with van der Waals surface area (Å²) in [7, 11) is -2.35. The van der Waals surface area contributed by atoms with Crippen molar-refractivity contribution in [1.29, 1.82) is 0 Å². The first-order valence-corrected chi connectivity index (χ1v) is 7.71. The lowest BCUT2D eigenvalue weighted by Gasteiger charge is -2.17. The molecule has 0 radical (unpaired) electrons. The zero-order valence-electron chi connectivity index (χ0n) is 10.5. The van der Waals surface area contributed by atoms with Gasteiger partial charge in [-0.15, -0.1) is 0 Å². The number of anilines is 1. The second-order valence-corrected chi connectivity index (χ2v) is 6.87. The van der Waals surface area contributed by atoms with E-state index in [2.05, 4.69) is 9.97 Å². The zero-order valence-corrected chi connectivity index (χ0v) is 12.8. The Bertz CT molecular complexity index is 716. The third kappa shape index (κ3) is 2.76. The number of imidazole rings is 1. The number of hydrogen-bond donors (Lipinski definition) is 2. The normalized spacial score (nSPS) is 12.0. The summed E-state index contributed by atoms with van der Waals surface area (Å²) in [6, 6.07) is 2.73. The van der Waals surface area contributed by atoms with Gasteiger partial charge in [-0.1, -0.05) is 23.2 Å². The Morgan fingerprint density at radius 3 is 2.70 bits per heavy atom. The third-order valence-electron chi connectivity index (χ3n) is 2.71. The highest BCUT2D eigenvalue weighted by molar-refractivity contribution is 7.89. The molecule has 0 unspecified atom stereocenters. The van der Waals surface area contributed by atoms with Crippen molar-refractivity contribution < 1.29 is 8.42 Å². The van der Waals surface area contributed by atoms with Crippen LogP contribution in [-0.2, 0) is 16.6 Å². The molecule has 0 saturated heterocycles. The third-order valence-corrected chi connectivity index (χ3v) is 5.40. The molecule has 0 atom stereocenters. The van der Waals surface area contributed by atoms with Crippen LogP contribution in [0.4, 0.5) is 5.69 Å². The highest BCUT2D eigenvalue weighted by Crippen LogP contribution is 2.34. The molecule has 0 aliphatic heterocycles. The van der Waals surface area contributed by atoms with Gasteiger partial charge in [0.1, 0.15) is 10.7 Å². The minimum absolute atomic E-state index is 0.0424. The van der Waals surface area contributed by atoms with Gasteiger partial charge in [-0.25, -0.2) is 13.4 Å². The van der Waals surface area contributed by atoms with E-state index >= 15 is 0 Å². The molecular formula is C11H12Cl2N4O2S. The fourth-order valence-electron chi connectivity index (χ4n) is 1.60. The van der Waals surface area contributed by atoms with Crippen molar-refractivity contribution >= 4 is 38.9 Å². The number of H-pyrrole nitrogens is 1. The molecule has 20 heavy (non-hydrogen) atoms. The molecule has 3 N–H and O–H groups in total. The molecular weight excluding hydrogens is 323 g/mol. The van der Waals surface area contributed by atoms with E-state index in [0.717, 1.165) is 4.31 Å². The molecule has 0 fully saturated rings. The van der Waals surface area contributed by atoms with Crippen molar-refractivity contribution in [2.45, 2.75) is 11.4 Å². The van der Waals surface area contributed by atoms with E-state index in [4.69, 9.17) is 28.9 Å². The van der Waals surface area contributed by atoms with Gasteiger partial charge in [0.25, 0.3) is 0 Å². The van der Waals surface area contributed by atoms with Gasteiger partial charge >= 0.3 is 0 Å². The molecule has 0 aliphatic carbocycles. The van der Waals surface area contributed by atoms with E-state index in [1.54, 1.807) is 12.4 Å². The Labute approximate surface area is 126 Å². The number of nitrogens with zero attached hydrogens (tertiary/aromatic N) is 2. The number of rotatable bonds is 4. The SMILES string of the molecule is CN(Cc1ncc[nH]1)S(=O)(=O)c1ccc(Cl)c(N)c1Cl. The zero-order chi connectivity index (χ0) is 14.9. The van der Waals surface area contributed by atoms with Crippen LogP contribution in [0.15, 0.2) is 29.4 Å². The Kier molecular flexibility index (Phi) is 4.24. The van der Waals surface area contributed by atoms with E-state index in [1.807, 2.05) is 0 Å². The first-order chi connectivity index (χ1) is 9.34. The number of halogens is 2. The number of aromatic nitrogens is 2. The predicted octanol–water partition coefficient (Wildman–Crippen LogP) is 2.12. The Balaban J connectivity index is 2.37. The minimum atomic E-state index is -3.78. The van der Waals surface area contributed by atoms with E-state index in [0.29, 0.717) is 5.82 Å². The van der Waals surface area contributed by atoms with Crippen LogP contribution in [0.5, 0.6) is 0 Å². The lowest BCUT2D eigenvalue weighted by Crippen LogP contribution is -2.27. The highest BCUT2D eigenvalue weighted by atomic mass is 35.5. The molecule has 0 saturated carbocycles. The van der Waals surface area contributed by atoms with Crippen LogP contribution in [0.25, 0.3) is 0 Å². The van der Waals surface area contributed by atoms with E-state index in [1.165, 1.54) is 19.2 Å². The van der Waals surface area contributed by atoms with Crippen LogP contribution in [0, 0.1) is 0 Å². The molecule has 9 heteroatoms. The molecule has 0 spiro atoms. The second kappa shape index (κ2) is 5.61. The molecule has 0 aliphatic rings. The lowest BCUT2D eigenvalue weighted by molar-refractivity contribution is 0.458. The average molecular weight is 335 g/mol. The van der Waals surface area contributed by atoms with Crippen LogP contribution in [-0.4, -0.2) is 29.7 Å². The van der Waals surface area contributed by atoms with Crippen molar-refractivity contribution in [3.63, 3.8) is 0 Å². The smallest absolute Gasteiger partial charge is 0.244 e. The Morgan fingerprint density at radius 1 is 1.40 bits per heavy atom. The van der Waals surface area contributed by atoms with Crippen LogP contribution in [0.2, 0.25) is 10.0 Å². The summed E-state index contributed by atoms with van der Waals surface area (Å²) in [5.74, 6) is 0.522. The maximum atomic E-state index is 12.4. The number of sulfonamides is 1. The molecule has 2 rings (SSSR count). The standard InChI is InChI=1S/C11H12Cl2N4O2S/c1-17(6-9-15-4-5-16-9)20(18,19)8-3-2-7(12)11(14)10(8)13/h2-5H,6,14H2,1H3,(H,15,16). The number of nitrogen functional groups attached to an aromatic ring is 1. The van der Waals surface area contributed by atoms with Crippen molar-refractivity contribution in [2.75, 3.05) is 12.8 Å². The number of hydrogen-bond acceptors (Lipinski definition) is 4. The topological polar surface area (TPSA) is 92.1 Å². The largest absolute Gasteiger partial charge is 0.396 e. The van der Waals surface area contributed by atoms with Crippen LogP contribution in [0.3, 0.4) is 0 Å². The summed E-state index contributed by atoms with van der Waals surface area (Å²) in [5, 5.41) is 0.131. The molecule has 1 aromatic heterocycles. The Morgan fingerprint density at radius 2 is 2.10 bits per heavy atom. The van der Waals surface area contributed by atoms with Crippen LogP contribution >= 0.6 is 23.2 Å². The number of aromatic amines is 1. The van der Waals surface area contributed by atoms with Gasteiger partial charge in [-0.05, 0) is 12.1 Å². The van der Waals surface area contributed by atoms with E-state index in [9.17, 15) is 8.42 Å². The monoisotopic (exact) mass is 334 g/mol. The van der Waals surface area contributed by atoms with Crippen molar-refractivity contribution in [1.82, 2.24) is 14.3 Å². The molecule has 6 nitrogen and oxygen atoms in total. The maximum absolute atomic E-state index is 12.4. The molecule has 0 bridgehead atoms.